The molecule has 3 heteroatoms. The first-order valence-electron chi connectivity index (χ1n) is 11.0. The van der Waals surface area contributed by atoms with E-state index in [0.717, 1.165) is 50.4 Å². The number of nitrogens with zero attached hydrogens (tertiary/aromatic N) is 1. The van der Waals surface area contributed by atoms with E-state index in [4.69, 9.17) is 4.42 Å². The van der Waals surface area contributed by atoms with Gasteiger partial charge in [-0.1, -0.05) is 60.7 Å². The van der Waals surface area contributed by atoms with E-state index >= 15 is 0 Å². The van der Waals surface area contributed by atoms with Gasteiger partial charge in [-0.05, 0) is 66.7 Å². The molecule has 0 aliphatic heterocycles. The SMILES string of the molecule is c1ccc(Nc2ccc3oc4cccc(N(c5ccccc5)c5ccccc5)c4c3c2)cc1. The van der Waals surface area contributed by atoms with E-state index in [2.05, 4.69) is 95.1 Å². The Labute approximate surface area is 192 Å². The molecule has 0 aliphatic rings. The van der Waals surface area contributed by atoms with Crippen LogP contribution in [0.4, 0.5) is 28.4 Å². The van der Waals surface area contributed by atoms with Gasteiger partial charge in [-0.3, -0.25) is 0 Å². The Kier molecular flexibility index (Phi) is 4.78. The van der Waals surface area contributed by atoms with Gasteiger partial charge in [0.25, 0.3) is 0 Å². The molecule has 3 nitrogen and oxygen atoms in total. The van der Waals surface area contributed by atoms with Crippen LogP contribution in [0.2, 0.25) is 0 Å². The zero-order valence-corrected chi connectivity index (χ0v) is 18.0. The highest BCUT2D eigenvalue weighted by atomic mass is 16.3. The summed E-state index contributed by atoms with van der Waals surface area (Å²) in [7, 11) is 0. The minimum absolute atomic E-state index is 0.872. The average molecular weight is 427 g/mol. The van der Waals surface area contributed by atoms with Crippen LogP contribution in [0.15, 0.2) is 132 Å². The zero-order valence-electron chi connectivity index (χ0n) is 18.0. The van der Waals surface area contributed by atoms with Crippen LogP contribution in [0.1, 0.15) is 0 Å². The summed E-state index contributed by atoms with van der Waals surface area (Å²) in [5, 5.41) is 5.68. The van der Waals surface area contributed by atoms with Crippen LogP contribution in [-0.2, 0) is 0 Å². The molecule has 0 fully saturated rings. The lowest BCUT2D eigenvalue weighted by molar-refractivity contribution is 0.669. The molecular formula is C30H22N2O. The highest BCUT2D eigenvalue weighted by Gasteiger charge is 2.19. The van der Waals surface area contributed by atoms with Gasteiger partial charge in [0.15, 0.2) is 0 Å². The zero-order chi connectivity index (χ0) is 22.0. The molecule has 0 radical (unpaired) electrons. The number of hydrogen-bond acceptors (Lipinski definition) is 3. The van der Waals surface area contributed by atoms with Crippen molar-refractivity contribution in [3.8, 4) is 0 Å². The molecule has 6 rings (SSSR count). The molecule has 0 bridgehead atoms. The smallest absolute Gasteiger partial charge is 0.137 e. The van der Waals surface area contributed by atoms with Gasteiger partial charge >= 0.3 is 0 Å². The average Bonchev–Trinajstić information content (AvgIpc) is 3.25. The number of hydrogen-bond donors (Lipinski definition) is 1. The van der Waals surface area contributed by atoms with Crippen molar-refractivity contribution in [3.63, 3.8) is 0 Å². The first kappa shape index (κ1) is 19.2. The Morgan fingerprint density at radius 3 is 1.82 bits per heavy atom. The molecule has 33 heavy (non-hydrogen) atoms. The van der Waals surface area contributed by atoms with E-state index in [9.17, 15) is 0 Å². The van der Waals surface area contributed by atoms with E-state index in [1.165, 1.54) is 0 Å². The molecule has 0 aliphatic carbocycles. The largest absolute Gasteiger partial charge is 0.456 e. The first-order chi connectivity index (χ1) is 16.4. The quantitative estimate of drug-likeness (QED) is 0.298. The fourth-order valence-corrected chi connectivity index (χ4v) is 4.34. The van der Waals surface area contributed by atoms with Crippen LogP contribution in [0.5, 0.6) is 0 Å². The molecule has 6 aromatic rings. The van der Waals surface area contributed by atoms with Crippen molar-refractivity contribution in [1.82, 2.24) is 0 Å². The molecule has 0 atom stereocenters. The van der Waals surface area contributed by atoms with E-state index in [-0.39, 0.29) is 0 Å². The van der Waals surface area contributed by atoms with Crippen molar-refractivity contribution in [3.05, 3.63) is 127 Å². The molecule has 1 heterocycles. The fourth-order valence-electron chi connectivity index (χ4n) is 4.34. The van der Waals surface area contributed by atoms with Crippen molar-refractivity contribution in [2.45, 2.75) is 0 Å². The van der Waals surface area contributed by atoms with Gasteiger partial charge in [0, 0.05) is 28.1 Å². The number of fused-ring (bicyclic) bond motifs is 3. The monoisotopic (exact) mass is 426 g/mol. The maximum Gasteiger partial charge on any atom is 0.137 e. The van der Waals surface area contributed by atoms with Gasteiger partial charge in [0.2, 0.25) is 0 Å². The van der Waals surface area contributed by atoms with Gasteiger partial charge in [-0.15, -0.1) is 0 Å². The molecule has 0 unspecified atom stereocenters. The normalized spacial score (nSPS) is 11.0. The fraction of sp³-hybridized carbons (Fsp3) is 0. The Balaban J connectivity index is 1.57. The standard InChI is InChI=1S/C30H22N2O/c1-4-11-22(12-5-1)31-23-19-20-28-26(21-23)30-27(17-10-18-29(30)33-28)32(24-13-6-2-7-14-24)25-15-8-3-9-16-25/h1-21,31H. The van der Waals surface area contributed by atoms with E-state index in [1.807, 2.05) is 42.5 Å². The lowest BCUT2D eigenvalue weighted by atomic mass is 10.1. The summed E-state index contributed by atoms with van der Waals surface area (Å²) < 4.78 is 6.27. The minimum atomic E-state index is 0.872. The van der Waals surface area contributed by atoms with Crippen molar-refractivity contribution in [2.75, 3.05) is 10.2 Å². The first-order valence-corrected chi connectivity index (χ1v) is 11.0. The van der Waals surface area contributed by atoms with E-state index < -0.39 is 0 Å². The van der Waals surface area contributed by atoms with Crippen LogP contribution in [0.3, 0.4) is 0 Å². The summed E-state index contributed by atoms with van der Waals surface area (Å²) in [5.74, 6) is 0. The summed E-state index contributed by atoms with van der Waals surface area (Å²) in [4.78, 5) is 2.29. The Hall–Kier alpha value is -4.50. The number of para-hydroxylation sites is 3. The summed E-state index contributed by atoms with van der Waals surface area (Å²) in [6.45, 7) is 0. The molecule has 0 saturated heterocycles. The number of rotatable bonds is 5. The molecule has 0 spiro atoms. The summed E-state index contributed by atoms with van der Waals surface area (Å²) in [5.41, 5.74) is 7.11. The van der Waals surface area contributed by atoms with Gasteiger partial charge in [0.1, 0.15) is 11.2 Å². The predicted octanol–water partition coefficient (Wildman–Crippen LogP) is 8.80. The third kappa shape index (κ3) is 3.60. The Morgan fingerprint density at radius 2 is 1.15 bits per heavy atom. The summed E-state index contributed by atoms with van der Waals surface area (Å²) >= 11 is 0. The van der Waals surface area contributed by atoms with Crippen LogP contribution in [-0.4, -0.2) is 0 Å². The number of nitrogens with one attached hydrogen (secondary N) is 1. The number of anilines is 5. The van der Waals surface area contributed by atoms with Crippen molar-refractivity contribution in [2.24, 2.45) is 0 Å². The molecular weight excluding hydrogens is 404 g/mol. The highest BCUT2D eigenvalue weighted by molar-refractivity contribution is 6.14. The Bertz CT molecular complexity index is 1480. The van der Waals surface area contributed by atoms with Gasteiger partial charge in [-0.2, -0.15) is 0 Å². The lowest BCUT2D eigenvalue weighted by Gasteiger charge is -2.26. The van der Waals surface area contributed by atoms with Crippen molar-refractivity contribution < 1.29 is 4.42 Å². The minimum Gasteiger partial charge on any atom is -0.456 e. The molecule has 0 saturated carbocycles. The van der Waals surface area contributed by atoms with Gasteiger partial charge in [0.05, 0.1) is 11.1 Å². The second-order valence-corrected chi connectivity index (χ2v) is 7.96. The number of furan rings is 1. The van der Waals surface area contributed by atoms with E-state index in [0.29, 0.717) is 0 Å². The molecule has 5 aromatic carbocycles. The second-order valence-electron chi connectivity index (χ2n) is 7.96. The number of benzene rings is 5. The summed E-state index contributed by atoms with van der Waals surface area (Å²) in [6, 6.07) is 43.7. The molecule has 1 N–H and O–H groups in total. The lowest BCUT2D eigenvalue weighted by Crippen LogP contribution is -2.09. The molecule has 1 aromatic heterocycles. The predicted molar refractivity (Wildman–Crippen MR) is 138 cm³/mol. The van der Waals surface area contributed by atoms with Crippen LogP contribution >= 0.6 is 0 Å². The highest BCUT2D eigenvalue weighted by Crippen LogP contribution is 2.43. The second kappa shape index (κ2) is 8.21. The van der Waals surface area contributed by atoms with Crippen LogP contribution in [0, 0.1) is 0 Å². The van der Waals surface area contributed by atoms with Crippen molar-refractivity contribution >= 4 is 50.4 Å². The van der Waals surface area contributed by atoms with Crippen molar-refractivity contribution in [1.29, 1.82) is 0 Å². The third-order valence-electron chi connectivity index (χ3n) is 5.81. The summed E-state index contributed by atoms with van der Waals surface area (Å²) in [6.07, 6.45) is 0. The molecule has 158 valence electrons. The van der Waals surface area contributed by atoms with E-state index in [1.54, 1.807) is 0 Å². The van der Waals surface area contributed by atoms with Crippen LogP contribution in [0.25, 0.3) is 21.9 Å². The maximum absolute atomic E-state index is 6.27. The van der Waals surface area contributed by atoms with Crippen LogP contribution < -0.4 is 10.2 Å². The topological polar surface area (TPSA) is 28.4 Å². The Morgan fingerprint density at radius 1 is 0.515 bits per heavy atom. The van der Waals surface area contributed by atoms with Gasteiger partial charge in [-0.25, -0.2) is 0 Å². The molecule has 0 amide bonds. The van der Waals surface area contributed by atoms with Gasteiger partial charge < -0.3 is 14.6 Å². The third-order valence-corrected chi connectivity index (χ3v) is 5.81. The maximum atomic E-state index is 6.27.